The van der Waals surface area contributed by atoms with Crippen molar-refractivity contribution in [3.05, 3.63) is 46.7 Å². The fraction of sp³-hybridized carbons (Fsp3) is 0.633. The molecule has 0 radical (unpaired) electrons. The Kier molecular flexibility index (Phi) is 8.52. The van der Waals surface area contributed by atoms with Gasteiger partial charge in [-0.05, 0) is 77.5 Å². The normalized spacial score (nSPS) is 21.4. The molecule has 2 saturated heterocycles. The number of nitrogens with zero attached hydrogens (tertiary/aromatic N) is 4. The topological polar surface area (TPSA) is 79.7 Å². The van der Waals surface area contributed by atoms with Crippen LogP contribution in [0.5, 0.6) is 0 Å². The molecule has 8 nitrogen and oxygen atoms in total. The minimum Gasteiger partial charge on any atom is -0.444 e. The van der Waals surface area contributed by atoms with Crippen LogP contribution in [0, 0.1) is 5.92 Å². The first-order valence-corrected chi connectivity index (χ1v) is 14.9. The van der Waals surface area contributed by atoms with E-state index in [2.05, 4.69) is 15.3 Å². The molecule has 1 aromatic carbocycles. The highest BCUT2D eigenvalue weighted by Crippen LogP contribution is 2.34. The molecule has 3 heterocycles. The predicted molar refractivity (Wildman–Crippen MR) is 153 cm³/mol. The molecule has 39 heavy (non-hydrogen) atoms. The van der Waals surface area contributed by atoms with Crippen molar-refractivity contribution in [2.45, 2.75) is 83.3 Å². The summed E-state index contributed by atoms with van der Waals surface area (Å²) in [6, 6.07) is 8.31. The number of ether oxygens (including phenoxy) is 1. The first kappa shape index (κ1) is 28.0. The van der Waals surface area contributed by atoms with E-state index in [1.54, 1.807) is 11.1 Å². The summed E-state index contributed by atoms with van der Waals surface area (Å²) in [5.41, 5.74) is 1.68. The van der Waals surface area contributed by atoms with Gasteiger partial charge in [0, 0.05) is 38.1 Å². The number of piperidine rings is 1. The SMILES string of the molecule is CC(C)(C)OC(=O)N1CCC(c2c(C(=O)NC[C@H]3CCN(C4CCCC4)C3)cnn2-c2ccccc2Cl)CC1. The highest BCUT2D eigenvalue weighted by Gasteiger charge is 2.34. The van der Waals surface area contributed by atoms with Crippen molar-refractivity contribution < 1.29 is 14.3 Å². The van der Waals surface area contributed by atoms with E-state index >= 15 is 0 Å². The van der Waals surface area contributed by atoms with Gasteiger partial charge in [0.05, 0.1) is 28.2 Å². The number of carbonyl (C=O) groups is 2. The zero-order chi connectivity index (χ0) is 27.6. The number of benzene rings is 1. The van der Waals surface area contributed by atoms with E-state index < -0.39 is 5.60 Å². The van der Waals surface area contributed by atoms with Gasteiger partial charge >= 0.3 is 6.09 Å². The van der Waals surface area contributed by atoms with Crippen LogP contribution in [0.1, 0.15) is 87.7 Å². The first-order chi connectivity index (χ1) is 18.7. The molecule has 5 rings (SSSR count). The van der Waals surface area contributed by atoms with Crippen molar-refractivity contribution in [3.8, 4) is 5.69 Å². The number of halogens is 1. The third-order valence-electron chi connectivity index (χ3n) is 8.37. The molecular weight excluding hydrogens is 514 g/mol. The van der Waals surface area contributed by atoms with Gasteiger partial charge in [0.1, 0.15) is 5.60 Å². The summed E-state index contributed by atoms with van der Waals surface area (Å²) >= 11 is 6.56. The van der Waals surface area contributed by atoms with Crippen molar-refractivity contribution in [2.75, 3.05) is 32.7 Å². The van der Waals surface area contributed by atoms with Crippen molar-refractivity contribution in [1.82, 2.24) is 24.9 Å². The summed E-state index contributed by atoms with van der Waals surface area (Å²) in [5, 5.41) is 8.46. The van der Waals surface area contributed by atoms with Crippen molar-refractivity contribution in [3.63, 3.8) is 0 Å². The summed E-state index contributed by atoms with van der Waals surface area (Å²) in [4.78, 5) is 30.6. The second-order valence-corrected chi connectivity index (χ2v) is 12.8. The van der Waals surface area contributed by atoms with Gasteiger partial charge < -0.3 is 19.9 Å². The molecule has 212 valence electrons. The standard InChI is InChI=1S/C30H42ClN5O3/c1-30(2,3)39-29(38)34-16-13-22(14-17-34)27-24(19-33-36(27)26-11-7-6-10-25(26)31)28(37)32-18-21-12-15-35(20-21)23-8-4-5-9-23/h6-7,10-11,19,21-23H,4-5,8-9,12-18,20H2,1-3H3,(H,32,37)/t21-/m1/s1. The van der Waals surface area contributed by atoms with Gasteiger partial charge in [-0.2, -0.15) is 5.10 Å². The van der Waals surface area contributed by atoms with Crippen LogP contribution >= 0.6 is 11.6 Å². The number of likely N-dealkylation sites (tertiary alicyclic amines) is 2. The molecule has 1 atom stereocenters. The molecule has 9 heteroatoms. The smallest absolute Gasteiger partial charge is 0.410 e. The summed E-state index contributed by atoms with van der Waals surface area (Å²) in [6.45, 7) is 9.64. The maximum atomic E-state index is 13.6. The lowest BCUT2D eigenvalue weighted by atomic mass is 9.90. The van der Waals surface area contributed by atoms with Crippen LogP contribution in [0.4, 0.5) is 4.79 Å². The molecule has 0 unspecified atom stereocenters. The fourth-order valence-corrected chi connectivity index (χ4v) is 6.58. The second-order valence-electron chi connectivity index (χ2n) is 12.3. The molecule has 1 N–H and O–H groups in total. The number of rotatable bonds is 6. The Labute approximate surface area is 237 Å². The molecule has 2 amide bonds. The number of hydrogen-bond acceptors (Lipinski definition) is 5. The van der Waals surface area contributed by atoms with Gasteiger partial charge in [0.15, 0.2) is 0 Å². The largest absolute Gasteiger partial charge is 0.444 e. The van der Waals surface area contributed by atoms with E-state index in [-0.39, 0.29) is 17.9 Å². The molecule has 0 spiro atoms. The Morgan fingerprint density at radius 1 is 1.05 bits per heavy atom. The lowest BCUT2D eigenvalue weighted by Crippen LogP contribution is -2.41. The molecule has 2 aromatic rings. The monoisotopic (exact) mass is 555 g/mol. The van der Waals surface area contributed by atoms with Gasteiger partial charge in [-0.3, -0.25) is 4.79 Å². The van der Waals surface area contributed by atoms with Crippen LogP contribution in [0.3, 0.4) is 0 Å². The Balaban J connectivity index is 1.30. The predicted octanol–water partition coefficient (Wildman–Crippen LogP) is 5.63. The lowest BCUT2D eigenvalue weighted by Gasteiger charge is -2.34. The summed E-state index contributed by atoms with van der Waals surface area (Å²) in [6.07, 6.45) is 9.27. The van der Waals surface area contributed by atoms with Crippen LogP contribution in [0.2, 0.25) is 5.02 Å². The maximum absolute atomic E-state index is 13.6. The molecule has 1 aliphatic carbocycles. The summed E-state index contributed by atoms with van der Waals surface area (Å²) in [7, 11) is 0. The fourth-order valence-electron chi connectivity index (χ4n) is 6.37. The molecule has 2 aliphatic heterocycles. The van der Waals surface area contributed by atoms with Crippen LogP contribution < -0.4 is 5.32 Å². The average Bonchev–Trinajstić information content (AvgIpc) is 3.67. The second kappa shape index (κ2) is 11.9. The molecule has 0 bridgehead atoms. The zero-order valence-corrected chi connectivity index (χ0v) is 24.3. The van der Waals surface area contributed by atoms with E-state index in [4.69, 9.17) is 16.3 Å². The van der Waals surface area contributed by atoms with E-state index in [0.29, 0.717) is 49.0 Å². The van der Waals surface area contributed by atoms with Gasteiger partial charge in [-0.25, -0.2) is 9.48 Å². The number of amides is 2. The van der Waals surface area contributed by atoms with E-state index in [0.717, 1.165) is 36.9 Å². The number of nitrogens with one attached hydrogen (secondary N) is 1. The lowest BCUT2D eigenvalue weighted by molar-refractivity contribution is 0.0203. The minimum atomic E-state index is -0.532. The maximum Gasteiger partial charge on any atom is 0.410 e. The van der Waals surface area contributed by atoms with Crippen LogP contribution in [-0.4, -0.2) is 75.9 Å². The number of para-hydroxylation sites is 1. The number of hydrogen-bond donors (Lipinski definition) is 1. The van der Waals surface area contributed by atoms with Crippen LogP contribution in [0.15, 0.2) is 30.5 Å². The average molecular weight is 556 g/mol. The molecular formula is C30H42ClN5O3. The van der Waals surface area contributed by atoms with Crippen molar-refractivity contribution in [1.29, 1.82) is 0 Å². The zero-order valence-electron chi connectivity index (χ0n) is 23.5. The van der Waals surface area contributed by atoms with Gasteiger partial charge in [0.25, 0.3) is 5.91 Å². The van der Waals surface area contributed by atoms with E-state index in [1.165, 1.54) is 25.7 Å². The van der Waals surface area contributed by atoms with E-state index in [1.807, 2.05) is 49.7 Å². The minimum absolute atomic E-state index is 0.0625. The van der Waals surface area contributed by atoms with Gasteiger partial charge in [0.2, 0.25) is 0 Å². The summed E-state index contributed by atoms with van der Waals surface area (Å²) < 4.78 is 7.40. The van der Waals surface area contributed by atoms with Crippen LogP contribution in [0.25, 0.3) is 5.69 Å². The molecule has 3 aliphatic rings. The number of carbonyl (C=O) groups excluding carboxylic acids is 2. The molecule has 3 fully saturated rings. The van der Waals surface area contributed by atoms with Crippen LogP contribution in [-0.2, 0) is 4.74 Å². The molecule has 1 aromatic heterocycles. The van der Waals surface area contributed by atoms with Crippen molar-refractivity contribution >= 4 is 23.6 Å². The van der Waals surface area contributed by atoms with Gasteiger partial charge in [-0.15, -0.1) is 0 Å². The highest BCUT2D eigenvalue weighted by atomic mass is 35.5. The Bertz CT molecular complexity index is 1160. The molecule has 1 saturated carbocycles. The quantitative estimate of drug-likeness (QED) is 0.499. The third kappa shape index (κ3) is 6.60. The Morgan fingerprint density at radius 2 is 1.77 bits per heavy atom. The van der Waals surface area contributed by atoms with Crippen molar-refractivity contribution in [2.24, 2.45) is 5.92 Å². The van der Waals surface area contributed by atoms with Gasteiger partial charge in [-0.1, -0.05) is 36.6 Å². The highest BCUT2D eigenvalue weighted by molar-refractivity contribution is 6.32. The number of aromatic nitrogens is 2. The summed E-state index contributed by atoms with van der Waals surface area (Å²) in [5.74, 6) is 0.457. The first-order valence-electron chi connectivity index (χ1n) is 14.5. The third-order valence-corrected chi connectivity index (χ3v) is 8.69. The Morgan fingerprint density at radius 3 is 2.46 bits per heavy atom. The van der Waals surface area contributed by atoms with E-state index in [9.17, 15) is 9.59 Å². The Hall–Kier alpha value is -2.58.